The van der Waals surface area contributed by atoms with Crippen molar-refractivity contribution in [2.24, 2.45) is 0 Å². The van der Waals surface area contributed by atoms with Gasteiger partial charge in [-0.3, -0.25) is 4.98 Å². The predicted molar refractivity (Wildman–Crippen MR) is 87.4 cm³/mol. The lowest BCUT2D eigenvalue weighted by molar-refractivity contribution is 0.276. The number of aromatic nitrogens is 1. The first kappa shape index (κ1) is 15.6. The van der Waals surface area contributed by atoms with Gasteiger partial charge in [-0.1, -0.05) is 17.7 Å². The molecule has 2 atom stereocenters. The second-order valence-corrected chi connectivity index (χ2v) is 6.28. The van der Waals surface area contributed by atoms with Gasteiger partial charge in [-0.25, -0.2) is 0 Å². The summed E-state index contributed by atoms with van der Waals surface area (Å²) in [7, 11) is 0. The molecule has 0 saturated heterocycles. The van der Waals surface area contributed by atoms with Gasteiger partial charge in [-0.15, -0.1) is 0 Å². The van der Waals surface area contributed by atoms with Crippen molar-refractivity contribution in [1.29, 1.82) is 0 Å². The van der Waals surface area contributed by atoms with Gasteiger partial charge in [0.25, 0.3) is 0 Å². The van der Waals surface area contributed by atoms with Crippen LogP contribution in [0.3, 0.4) is 0 Å². The molecule has 0 aliphatic heterocycles. The van der Waals surface area contributed by atoms with E-state index >= 15 is 0 Å². The summed E-state index contributed by atoms with van der Waals surface area (Å²) < 4.78 is 0. The average Bonchev–Trinajstić information content (AvgIpc) is 2.45. The molecule has 108 valence electrons. The topological polar surface area (TPSA) is 45.1 Å². The largest absolute Gasteiger partial charge is 0.395 e. The summed E-state index contributed by atoms with van der Waals surface area (Å²) in [4.78, 5) is 4.43. The number of nitrogens with zero attached hydrogens (tertiary/aromatic N) is 1. The summed E-state index contributed by atoms with van der Waals surface area (Å²) in [6, 6.07) is 8.01. The first-order chi connectivity index (χ1) is 9.65. The van der Waals surface area contributed by atoms with Crippen LogP contribution in [0.2, 0.25) is 5.02 Å². The zero-order chi connectivity index (χ0) is 14.5. The minimum absolute atomic E-state index is 0.171. The normalized spacial score (nSPS) is 14.4. The number of fused-ring (bicyclic) bond motifs is 1. The molecule has 0 spiro atoms. The van der Waals surface area contributed by atoms with Crippen LogP contribution in [0.4, 0.5) is 0 Å². The Morgan fingerprint density at radius 3 is 2.95 bits per heavy atom. The lowest BCUT2D eigenvalue weighted by Crippen LogP contribution is -2.37. The number of pyridine rings is 1. The third-order valence-corrected chi connectivity index (χ3v) is 4.78. The molecule has 2 unspecified atom stereocenters. The fourth-order valence-electron chi connectivity index (χ4n) is 2.20. The average molecular weight is 311 g/mol. The highest BCUT2D eigenvalue weighted by Crippen LogP contribution is 2.22. The number of halogens is 1. The molecule has 5 heteroatoms. The van der Waals surface area contributed by atoms with Gasteiger partial charge in [0, 0.05) is 34.4 Å². The molecule has 20 heavy (non-hydrogen) atoms. The summed E-state index contributed by atoms with van der Waals surface area (Å²) in [5.41, 5.74) is 2.05. The minimum atomic E-state index is 0.171. The highest BCUT2D eigenvalue weighted by atomic mass is 35.5. The number of aliphatic hydroxyl groups is 1. The van der Waals surface area contributed by atoms with Crippen molar-refractivity contribution in [3.05, 3.63) is 41.0 Å². The number of hydrogen-bond donors (Lipinski definition) is 2. The monoisotopic (exact) mass is 310 g/mol. The van der Waals surface area contributed by atoms with Gasteiger partial charge < -0.3 is 10.4 Å². The van der Waals surface area contributed by atoms with Crippen molar-refractivity contribution >= 4 is 34.3 Å². The molecule has 3 nitrogen and oxygen atoms in total. The maximum atomic E-state index is 9.32. The van der Waals surface area contributed by atoms with E-state index in [0.29, 0.717) is 6.54 Å². The van der Waals surface area contributed by atoms with E-state index in [0.717, 1.165) is 21.5 Å². The summed E-state index contributed by atoms with van der Waals surface area (Å²) in [5, 5.41) is 14.7. The second-order valence-electron chi connectivity index (χ2n) is 4.77. The predicted octanol–water partition coefficient (Wildman–Crippen LogP) is 3.09. The van der Waals surface area contributed by atoms with Gasteiger partial charge >= 0.3 is 0 Å². The first-order valence-corrected chi connectivity index (χ1v) is 8.22. The molecule has 2 rings (SSSR count). The van der Waals surface area contributed by atoms with E-state index in [-0.39, 0.29) is 17.9 Å². The number of benzene rings is 1. The second kappa shape index (κ2) is 7.27. The van der Waals surface area contributed by atoms with Crippen molar-refractivity contribution in [3.63, 3.8) is 0 Å². The standard InChI is InChI=1S/C15H19ClN2OS/c1-10(14(9-19)20-2)18-8-12-7-13(16)6-11-4-3-5-17-15(11)12/h3-7,10,14,18-19H,8-9H2,1-2H3. The number of thioether (sulfide) groups is 1. The molecule has 0 amide bonds. The van der Waals surface area contributed by atoms with Gasteiger partial charge in [0.2, 0.25) is 0 Å². The van der Waals surface area contributed by atoms with Crippen LogP contribution in [0, 0.1) is 0 Å². The molecule has 2 aromatic rings. The smallest absolute Gasteiger partial charge is 0.0747 e. The Morgan fingerprint density at radius 1 is 1.45 bits per heavy atom. The van der Waals surface area contributed by atoms with Crippen molar-refractivity contribution in [2.75, 3.05) is 12.9 Å². The lowest BCUT2D eigenvalue weighted by Gasteiger charge is -2.21. The van der Waals surface area contributed by atoms with E-state index in [4.69, 9.17) is 11.6 Å². The number of aliphatic hydroxyl groups excluding tert-OH is 1. The third-order valence-electron chi connectivity index (χ3n) is 3.40. The fraction of sp³-hybridized carbons (Fsp3) is 0.400. The molecule has 1 aromatic heterocycles. The molecule has 0 radical (unpaired) electrons. The molecule has 2 N–H and O–H groups in total. The molecule has 0 saturated carbocycles. The third kappa shape index (κ3) is 3.64. The van der Waals surface area contributed by atoms with Gasteiger partial charge in [0.05, 0.1) is 12.1 Å². The van der Waals surface area contributed by atoms with E-state index < -0.39 is 0 Å². The quantitative estimate of drug-likeness (QED) is 0.860. The Bertz CT molecular complexity index is 575. The van der Waals surface area contributed by atoms with Crippen LogP contribution < -0.4 is 5.32 Å². The number of nitrogens with one attached hydrogen (secondary N) is 1. The van der Waals surface area contributed by atoms with Crippen LogP contribution in [0.25, 0.3) is 10.9 Å². The van der Waals surface area contributed by atoms with E-state index in [1.54, 1.807) is 18.0 Å². The molecule has 0 aliphatic rings. The van der Waals surface area contributed by atoms with Crippen LogP contribution >= 0.6 is 23.4 Å². The lowest BCUT2D eigenvalue weighted by atomic mass is 10.1. The van der Waals surface area contributed by atoms with Crippen molar-refractivity contribution < 1.29 is 5.11 Å². The van der Waals surface area contributed by atoms with E-state index in [1.165, 1.54) is 0 Å². The SMILES string of the molecule is CSC(CO)C(C)NCc1cc(Cl)cc2cccnc12. The number of hydrogen-bond acceptors (Lipinski definition) is 4. The Labute approximate surface area is 128 Å². The van der Waals surface area contributed by atoms with Crippen molar-refractivity contribution in [2.45, 2.75) is 24.8 Å². The zero-order valence-electron chi connectivity index (χ0n) is 11.6. The Kier molecular flexibility index (Phi) is 5.66. The summed E-state index contributed by atoms with van der Waals surface area (Å²) in [6.07, 6.45) is 3.80. The van der Waals surface area contributed by atoms with Gasteiger partial charge in [-0.05, 0) is 36.9 Å². The Hall–Kier alpha value is -0.810. The molecular formula is C15H19ClN2OS. The zero-order valence-corrected chi connectivity index (χ0v) is 13.2. The summed E-state index contributed by atoms with van der Waals surface area (Å²) >= 11 is 7.82. The van der Waals surface area contributed by atoms with Gasteiger partial charge in [-0.2, -0.15) is 11.8 Å². The van der Waals surface area contributed by atoms with E-state index in [1.807, 2.05) is 30.5 Å². The fourth-order valence-corrected chi connectivity index (χ4v) is 3.10. The Morgan fingerprint density at radius 2 is 2.25 bits per heavy atom. The maximum Gasteiger partial charge on any atom is 0.0747 e. The van der Waals surface area contributed by atoms with Crippen LogP contribution in [0.5, 0.6) is 0 Å². The van der Waals surface area contributed by atoms with Crippen LogP contribution in [-0.2, 0) is 6.54 Å². The summed E-state index contributed by atoms with van der Waals surface area (Å²) in [5.74, 6) is 0. The van der Waals surface area contributed by atoms with E-state index in [9.17, 15) is 5.11 Å². The van der Waals surface area contributed by atoms with Crippen LogP contribution in [0.1, 0.15) is 12.5 Å². The number of rotatable bonds is 6. The van der Waals surface area contributed by atoms with Crippen molar-refractivity contribution in [1.82, 2.24) is 10.3 Å². The highest BCUT2D eigenvalue weighted by molar-refractivity contribution is 7.99. The van der Waals surface area contributed by atoms with Gasteiger partial charge in [0.1, 0.15) is 0 Å². The molecular weight excluding hydrogens is 292 g/mol. The maximum absolute atomic E-state index is 9.32. The first-order valence-electron chi connectivity index (χ1n) is 6.56. The molecule has 0 bridgehead atoms. The van der Waals surface area contributed by atoms with Crippen LogP contribution in [0.15, 0.2) is 30.5 Å². The minimum Gasteiger partial charge on any atom is -0.395 e. The van der Waals surface area contributed by atoms with Crippen molar-refractivity contribution in [3.8, 4) is 0 Å². The summed E-state index contributed by atoms with van der Waals surface area (Å²) in [6.45, 7) is 2.94. The molecule has 1 aromatic carbocycles. The Balaban J connectivity index is 2.17. The van der Waals surface area contributed by atoms with Crippen LogP contribution in [-0.4, -0.2) is 34.2 Å². The molecule has 0 fully saturated rings. The highest BCUT2D eigenvalue weighted by Gasteiger charge is 2.15. The molecule has 0 aliphatic carbocycles. The van der Waals surface area contributed by atoms with E-state index in [2.05, 4.69) is 17.2 Å². The van der Waals surface area contributed by atoms with Gasteiger partial charge in [0.15, 0.2) is 0 Å². The molecule has 1 heterocycles.